The predicted octanol–water partition coefficient (Wildman–Crippen LogP) is 4.50. The average molecular weight is 366 g/mol. The van der Waals surface area contributed by atoms with E-state index in [1.54, 1.807) is 18.2 Å². The first-order valence-electron chi connectivity index (χ1n) is 8.95. The highest BCUT2D eigenvalue weighted by molar-refractivity contribution is 5.68. The Balaban J connectivity index is 2.26. The second-order valence-corrected chi connectivity index (χ2v) is 7.65. The summed E-state index contributed by atoms with van der Waals surface area (Å²) in [5.41, 5.74) is 1.99. The number of rotatable bonds is 5. The summed E-state index contributed by atoms with van der Waals surface area (Å²) in [5, 5.41) is 21.6. The zero-order chi connectivity index (χ0) is 20.0. The normalized spacial score (nSPS) is 13.3. The number of nitrogens with zero attached hydrogens (tertiary/aromatic N) is 1. The van der Waals surface area contributed by atoms with E-state index in [4.69, 9.17) is 4.74 Å². The minimum Gasteiger partial charge on any atom is -0.508 e. The highest BCUT2D eigenvalue weighted by atomic mass is 16.6. The second-order valence-electron chi connectivity index (χ2n) is 7.65. The van der Waals surface area contributed by atoms with Gasteiger partial charge in [0.1, 0.15) is 11.4 Å². The molecule has 0 aromatic heterocycles. The zero-order valence-corrected chi connectivity index (χ0v) is 16.2. The molecule has 2 atom stereocenters. The van der Waals surface area contributed by atoms with Gasteiger partial charge in [0, 0.05) is 12.0 Å². The maximum atomic E-state index is 12.2. The van der Waals surface area contributed by atoms with E-state index >= 15 is 0 Å². The number of phenolic OH excluding ortho intramolecular Hbond substituents is 1. The summed E-state index contributed by atoms with van der Waals surface area (Å²) in [6.07, 6.45) is 0.175. The van der Waals surface area contributed by atoms with Crippen LogP contribution in [0.2, 0.25) is 0 Å². The third-order valence-electron chi connectivity index (χ3n) is 4.18. The number of ether oxygens (including phenoxy) is 1. The lowest BCUT2D eigenvalue weighted by molar-refractivity contribution is 0.0501. The van der Waals surface area contributed by atoms with E-state index in [2.05, 4.69) is 11.4 Å². The van der Waals surface area contributed by atoms with Crippen LogP contribution in [0.15, 0.2) is 48.5 Å². The molecule has 2 rings (SSSR count). The highest BCUT2D eigenvalue weighted by Crippen LogP contribution is 2.26. The number of benzene rings is 2. The third-order valence-corrected chi connectivity index (χ3v) is 4.18. The number of aromatic hydroxyl groups is 1. The minimum atomic E-state index is -0.572. The van der Waals surface area contributed by atoms with Crippen LogP contribution in [0.1, 0.15) is 50.3 Å². The van der Waals surface area contributed by atoms with Gasteiger partial charge in [-0.05, 0) is 69.5 Å². The van der Waals surface area contributed by atoms with Crippen LogP contribution in [-0.2, 0) is 11.2 Å². The summed E-state index contributed by atoms with van der Waals surface area (Å²) in [4.78, 5) is 12.2. The van der Waals surface area contributed by atoms with Crippen LogP contribution in [0.5, 0.6) is 5.75 Å². The number of alkyl carbamates (subject to hydrolysis) is 1. The van der Waals surface area contributed by atoms with Crippen LogP contribution in [0.3, 0.4) is 0 Å². The molecule has 2 N–H and O–H groups in total. The van der Waals surface area contributed by atoms with Gasteiger partial charge in [0.25, 0.3) is 0 Å². The summed E-state index contributed by atoms with van der Waals surface area (Å²) in [6.45, 7) is 7.39. The van der Waals surface area contributed by atoms with Crippen molar-refractivity contribution >= 4 is 6.09 Å². The molecule has 2 aromatic carbocycles. The Bertz CT molecular complexity index is 817. The van der Waals surface area contributed by atoms with Crippen molar-refractivity contribution in [2.24, 2.45) is 0 Å². The van der Waals surface area contributed by atoms with Gasteiger partial charge < -0.3 is 15.2 Å². The number of phenols is 1. The predicted molar refractivity (Wildman–Crippen MR) is 105 cm³/mol. The number of carbonyl (C=O) groups is 1. The van der Waals surface area contributed by atoms with Crippen LogP contribution in [-0.4, -0.2) is 22.8 Å². The first-order valence-corrected chi connectivity index (χ1v) is 8.95. The first-order chi connectivity index (χ1) is 12.7. The Morgan fingerprint density at radius 1 is 1.22 bits per heavy atom. The fraction of sp³-hybridized carbons (Fsp3) is 0.364. The van der Waals surface area contributed by atoms with Gasteiger partial charge in [-0.3, -0.25) is 0 Å². The monoisotopic (exact) mass is 366 g/mol. The SMILES string of the molecule is C[C@H](NC(=O)OC(C)(C)C)[C@@H](Cc1ccc(O)cc1)c1cccc(C#N)c1. The Morgan fingerprint density at radius 3 is 2.48 bits per heavy atom. The fourth-order valence-corrected chi connectivity index (χ4v) is 2.90. The van der Waals surface area contributed by atoms with Crippen LogP contribution < -0.4 is 5.32 Å². The van der Waals surface area contributed by atoms with Crippen molar-refractivity contribution in [3.63, 3.8) is 0 Å². The molecule has 0 spiro atoms. The molecule has 1 amide bonds. The van der Waals surface area contributed by atoms with Crippen molar-refractivity contribution in [2.45, 2.75) is 51.7 Å². The summed E-state index contributed by atoms with van der Waals surface area (Å²) in [7, 11) is 0. The Kier molecular flexibility index (Phi) is 6.46. The Morgan fingerprint density at radius 2 is 1.89 bits per heavy atom. The number of hydrogen-bond acceptors (Lipinski definition) is 4. The summed E-state index contributed by atoms with van der Waals surface area (Å²) >= 11 is 0. The highest BCUT2D eigenvalue weighted by Gasteiger charge is 2.24. The van der Waals surface area contributed by atoms with Crippen LogP contribution in [0.4, 0.5) is 4.79 Å². The summed E-state index contributed by atoms with van der Waals surface area (Å²) < 4.78 is 5.37. The first kappa shape index (κ1) is 20.3. The van der Waals surface area contributed by atoms with Gasteiger partial charge in [-0.2, -0.15) is 5.26 Å². The summed E-state index contributed by atoms with van der Waals surface area (Å²) in [5.74, 6) is 0.150. The quantitative estimate of drug-likeness (QED) is 0.816. The van der Waals surface area contributed by atoms with Gasteiger partial charge in [0.2, 0.25) is 0 Å². The number of amides is 1. The number of carbonyl (C=O) groups excluding carboxylic acids is 1. The van der Waals surface area contributed by atoms with Crippen LogP contribution in [0.25, 0.3) is 0 Å². The molecule has 0 fully saturated rings. The van der Waals surface area contributed by atoms with Crippen molar-refractivity contribution in [2.75, 3.05) is 0 Å². The fourth-order valence-electron chi connectivity index (χ4n) is 2.90. The third kappa shape index (κ3) is 6.34. The minimum absolute atomic E-state index is 0.0599. The molecule has 5 heteroatoms. The van der Waals surface area contributed by atoms with E-state index in [0.717, 1.165) is 11.1 Å². The molecule has 0 saturated heterocycles. The lowest BCUT2D eigenvalue weighted by Gasteiger charge is -2.27. The summed E-state index contributed by atoms with van der Waals surface area (Å²) in [6, 6.07) is 16.3. The molecule has 142 valence electrons. The average Bonchev–Trinajstić information content (AvgIpc) is 2.59. The molecule has 27 heavy (non-hydrogen) atoms. The van der Waals surface area contributed by atoms with Crippen molar-refractivity contribution < 1.29 is 14.6 Å². The largest absolute Gasteiger partial charge is 0.508 e. The smallest absolute Gasteiger partial charge is 0.407 e. The van der Waals surface area contributed by atoms with E-state index in [1.807, 2.05) is 58.0 Å². The van der Waals surface area contributed by atoms with Gasteiger partial charge in [0.05, 0.1) is 11.6 Å². The van der Waals surface area contributed by atoms with Crippen molar-refractivity contribution in [3.8, 4) is 11.8 Å². The van der Waals surface area contributed by atoms with Crippen molar-refractivity contribution in [3.05, 3.63) is 65.2 Å². The van der Waals surface area contributed by atoms with Gasteiger partial charge in [0.15, 0.2) is 0 Å². The van der Waals surface area contributed by atoms with E-state index in [-0.39, 0.29) is 17.7 Å². The van der Waals surface area contributed by atoms with Crippen LogP contribution in [0, 0.1) is 11.3 Å². The van der Waals surface area contributed by atoms with Crippen LogP contribution >= 0.6 is 0 Å². The lowest BCUT2D eigenvalue weighted by Crippen LogP contribution is -2.41. The van der Waals surface area contributed by atoms with Gasteiger partial charge in [-0.15, -0.1) is 0 Å². The zero-order valence-electron chi connectivity index (χ0n) is 16.2. The molecule has 0 heterocycles. The van der Waals surface area contributed by atoms with Gasteiger partial charge in [-0.1, -0.05) is 24.3 Å². The maximum Gasteiger partial charge on any atom is 0.407 e. The van der Waals surface area contributed by atoms with E-state index in [9.17, 15) is 15.2 Å². The van der Waals surface area contributed by atoms with Crippen molar-refractivity contribution in [1.29, 1.82) is 5.26 Å². The Hall–Kier alpha value is -3.00. The Labute approximate surface area is 160 Å². The molecule has 0 bridgehead atoms. The molecule has 5 nitrogen and oxygen atoms in total. The second kappa shape index (κ2) is 8.59. The van der Waals surface area contributed by atoms with E-state index in [1.165, 1.54) is 0 Å². The molecular formula is C22H26N2O3. The van der Waals surface area contributed by atoms with Crippen molar-refractivity contribution in [1.82, 2.24) is 5.32 Å². The molecule has 0 radical (unpaired) electrons. The molecule has 2 aromatic rings. The standard InChI is InChI=1S/C22H26N2O3/c1-15(24-21(26)27-22(2,3)4)20(13-16-8-10-19(25)11-9-16)18-7-5-6-17(12-18)14-23/h5-12,15,20,25H,13H2,1-4H3,(H,24,26)/t15-,20+/m0/s1. The maximum absolute atomic E-state index is 12.2. The number of hydrogen-bond donors (Lipinski definition) is 2. The number of nitrogens with one attached hydrogen (secondary N) is 1. The van der Waals surface area contributed by atoms with Gasteiger partial charge in [-0.25, -0.2) is 4.79 Å². The molecule has 0 aliphatic heterocycles. The molecule has 0 aliphatic rings. The topological polar surface area (TPSA) is 82.3 Å². The molecule has 0 unspecified atom stereocenters. The number of nitriles is 1. The molecular weight excluding hydrogens is 340 g/mol. The van der Waals surface area contributed by atoms with E-state index < -0.39 is 11.7 Å². The molecule has 0 saturated carbocycles. The lowest BCUT2D eigenvalue weighted by atomic mass is 9.86. The van der Waals surface area contributed by atoms with Gasteiger partial charge >= 0.3 is 6.09 Å². The molecule has 0 aliphatic carbocycles. The van der Waals surface area contributed by atoms with E-state index in [0.29, 0.717) is 12.0 Å².